The fourth-order valence-electron chi connectivity index (χ4n) is 3.90. The molecule has 0 nitrogen and oxygen atoms in total. The second-order valence-electron chi connectivity index (χ2n) is 9.07. The van der Waals surface area contributed by atoms with Gasteiger partial charge in [-0.2, -0.15) is 0 Å². The standard InChI is InChI=1S/C12H19.C11H11.Hf/c1-11(2,3)12(4,5)10-8-6-7-9-10;1-8-7-9(2)11-6-4-3-5-10(8)11;/h6,8H,7H2,1-5H3;3-7H,1-2H3;. The molecule has 0 aromatic heterocycles. The molecule has 3 rings (SSSR count). The number of hydrogen-bond acceptors (Lipinski definition) is 0. The van der Waals surface area contributed by atoms with Crippen molar-refractivity contribution in [1.82, 2.24) is 0 Å². The monoisotopic (exact) mass is 486 g/mol. The Morgan fingerprint density at radius 2 is 1.71 bits per heavy atom. The summed E-state index contributed by atoms with van der Waals surface area (Å²) in [4.78, 5) is 0. The first-order chi connectivity index (χ1) is 11.1. The molecular formula is C23H30Hf. The van der Waals surface area contributed by atoms with Gasteiger partial charge in [0.2, 0.25) is 0 Å². The molecule has 0 spiro atoms. The zero-order valence-electron chi connectivity index (χ0n) is 16.2. The zero-order valence-corrected chi connectivity index (χ0v) is 19.8. The summed E-state index contributed by atoms with van der Waals surface area (Å²) >= 11 is -1.04. The molecule has 2 aliphatic carbocycles. The van der Waals surface area contributed by atoms with Crippen LogP contribution in [-0.2, 0) is 26.1 Å². The molecule has 2 aliphatic rings. The van der Waals surface area contributed by atoms with Gasteiger partial charge in [0, 0.05) is 0 Å². The van der Waals surface area contributed by atoms with E-state index < -0.39 is 22.9 Å². The molecule has 0 saturated heterocycles. The van der Waals surface area contributed by atoms with E-state index in [1.807, 2.05) is 3.33 Å². The van der Waals surface area contributed by atoms with Crippen LogP contribution < -0.4 is 0 Å². The Hall–Kier alpha value is -0.690. The first-order valence-corrected chi connectivity index (χ1v) is 12.6. The predicted molar refractivity (Wildman–Crippen MR) is 101 cm³/mol. The first-order valence-electron chi connectivity index (χ1n) is 9.04. The molecule has 0 heterocycles. The Bertz CT molecular complexity index is 752. The average Bonchev–Trinajstić information content (AvgIpc) is 3.03. The number of hydrogen-bond donors (Lipinski definition) is 0. The summed E-state index contributed by atoms with van der Waals surface area (Å²) in [5.41, 5.74) is 6.70. The first kappa shape index (κ1) is 18.1. The second-order valence-corrected chi connectivity index (χ2v) is 15.9. The van der Waals surface area contributed by atoms with E-state index in [0.717, 1.165) is 0 Å². The van der Waals surface area contributed by atoms with E-state index in [0.29, 0.717) is 3.17 Å². The third-order valence-electron chi connectivity index (χ3n) is 6.31. The van der Waals surface area contributed by atoms with Crippen molar-refractivity contribution < 1.29 is 22.9 Å². The van der Waals surface area contributed by atoms with Gasteiger partial charge in [0.25, 0.3) is 0 Å². The third-order valence-corrected chi connectivity index (χ3v) is 12.4. The molecule has 1 heteroatoms. The normalized spacial score (nSPS) is 23.5. The third kappa shape index (κ3) is 2.87. The molecule has 0 bridgehead atoms. The van der Waals surface area contributed by atoms with Gasteiger partial charge in [-0.1, -0.05) is 0 Å². The van der Waals surface area contributed by atoms with Crippen molar-refractivity contribution in [1.29, 1.82) is 0 Å². The van der Waals surface area contributed by atoms with Gasteiger partial charge in [-0.25, -0.2) is 0 Å². The average molecular weight is 485 g/mol. The van der Waals surface area contributed by atoms with Crippen molar-refractivity contribution in [3.05, 3.63) is 62.5 Å². The van der Waals surface area contributed by atoms with Gasteiger partial charge in [0.05, 0.1) is 0 Å². The molecule has 0 aliphatic heterocycles. The Balaban J connectivity index is 2.01. The van der Waals surface area contributed by atoms with Crippen LogP contribution in [0.25, 0.3) is 5.57 Å². The van der Waals surface area contributed by atoms with Crippen LogP contribution in [-0.4, -0.2) is 0 Å². The summed E-state index contributed by atoms with van der Waals surface area (Å²) in [5.74, 6) is 0. The molecule has 0 saturated carbocycles. The van der Waals surface area contributed by atoms with E-state index in [-0.39, 0.29) is 10.8 Å². The minimum absolute atomic E-state index is 0.232. The molecule has 0 amide bonds. The number of benzene rings is 1. The second kappa shape index (κ2) is 5.94. The van der Waals surface area contributed by atoms with Crippen molar-refractivity contribution in [3.8, 4) is 0 Å². The van der Waals surface area contributed by atoms with Gasteiger partial charge in [0.1, 0.15) is 0 Å². The van der Waals surface area contributed by atoms with E-state index in [1.165, 1.54) is 17.6 Å². The minimum atomic E-state index is -1.04. The number of rotatable bonds is 3. The SMILES string of the molecule is CC1=C[C](C)([Hf][C]2=C(C(C)(C)C(C)(C)C)C=CC2)c2ccccc21. The Kier molecular flexibility index (Phi) is 4.48. The van der Waals surface area contributed by atoms with Crippen molar-refractivity contribution in [2.24, 2.45) is 10.8 Å². The van der Waals surface area contributed by atoms with Crippen molar-refractivity contribution in [3.63, 3.8) is 0 Å². The summed E-state index contributed by atoms with van der Waals surface area (Å²) in [6.45, 7) is 16.8. The van der Waals surface area contributed by atoms with E-state index in [9.17, 15) is 0 Å². The molecule has 1 aromatic carbocycles. The van der Waals surface area contributed by atoms with Crippen LogP contribution in [0, 0.1) is 10.8 Å². The molecule has 0 fully saturated rings. The summed E-state index contributed by atoms with van der Waals surface area (Å²) in [6.07, 6.45) is 8.62. The molecule has 1 unspecified atom stereocenters. The van der Waals surface area contributed by atoms with Crippen molar-refractivity contribution in [2.45, 2.75) is 58.1 Å². The summed E-state index contributed by atoms with van der Waals surface area (Å²) in [6, 6.07) is 9.07. The van der Waals surface area contributed by atoms with Crippen LogP contribution in [0.5, 0.6) is 0 Å². The van der Waals surface area contributed by atoms with Crippen molar-refractivity contribution in [2.75, 3.05) is 0 Å². The van der Waals surface area contributed by atoms with Crippen LogP contribution >= 0.6 is 0 Å². The van der Waals surface area contributed by atoms with Crippen LogP contribution in [0.2, 0.25) is 0 Å². The summed E-state index contributed by atoms with van der Waals surface area (Å²) in [7, 11) is 0. The molecule has 1 aromatic rings. The Morgan fingerprint density at radius 1 is 1.04 bits per heavy atom. The molecule has 0 radical (unpaired) electrons. The number of fused-ring (bicyclic) bond motifs is 1. The molecule has 0 N–H and O–H groups in total. The van der Waals surface area contributed by atoms with Gasteiger partial charge in [-0.05, 0) is 0 Å². The van der Waals surface area contributed by atoms with Gasteiger partial charge in [0.15, 0.2) is 0 Å². The van der Waals surface area contributed by atoms with Crippen LogP contribution in [0.1, 0.15) is 66.0 Å². The van der Waals surface area contributed by atoms with Gasteiger partial charge < -0.3 is 0 Å². The van der Waals surface area contributed by atoms with E-state index in [2.05, 4.69) is 91.0 Å². The van der Waals surface area contributed by atoms with E-state index in [4.69, 9.17) is 0 Å². The topological polar surface area (TPSA) is 0 Å². The van der Waals surface area contributed by atoms with Crippen LogP contribution in [0.3, 0.4) is 0 Å². The fourth-order valence-corrected chi connectivity index (χ4v) is 11.2. The Morgan fingerprint density at radius 3 is 2.38 bits per heavy atom. The predicted octanol–water partition coefficient (Wildman–Crippen LogP) is 6.69. The van der Waals surface area contributed by atoms with E-state index >= 15 is 0 Å². The molecule has 24 heavy (non-hydrogen) atoms. The fraction of sp³-hybridized carbons (Fsp3) is 0.478. The number of allylic oxidation sites excluding steroid dienone is 6. The van der Waals surface area contributed by atoms with Gasteiger partial charge in [-0.15, -0.1) is 0 Å². The van der Waals surface area contributed by atoms with E-state index in [1.54, 1.807) is 11.1 Å². The van der Waals surface area contributed by atoms with Crippen molar-refractivity contribution >= 4 is 5.57 Å². The summed E-state index contributed by atoms with van der Waals surface area (Å²) < 4.78 is 2.14. The van der Waals surface area contributed by atoms with Crippen LogP contribution in [0.15, 0.2) is 51.4 Å². The maximum atomic E-state index is 2.58. The maximum absolute atomic E-state index is 2.58. The molecule has 126 valence electrons. The zero-order chi connectivity index (χ0) is 17.8. The molecular weight excluding hydrogens is 455 g/mol. The van der Waals surface area contributed by atoms with Gasteiger partial charge >= 0.3 is 160 Å². The quantitative estimate of drug-likeness (QED) is 0.419. The van der Waals surface area contributed by atoms with Gasteiger partial charge in [-0.3, -0.25) is 0 Å². The summed E-state index contributed by atoms with van der Waals surface area (Å²) in [5, 5.41) is 0. The van der Waals surface area contributed by atoms with Crippen LogP contribution in [0.4, 0.5) is 0 Å². The Labute approximate surface area is 159 Å². The molecule has 1 atom stereocenters.